The quantitative estimate of drug-likeness (QED) is 0.462. The minimum atomic E-state index is -3.69. The number of carbonyl (C=O) groups is 1. The van der Waals surface area contributed by atoms with Gasteiger partial charge in [-0.2, -0.15) is 0 Å². The van der Waals surface area contributed by atoms with E-state index < -0.39 is 22.0 Å². The van der Waals surface area contributed by atoms with Gasteiger partial charge in [-0.3, -0.25) is 14.4 Å². The lowest BCUT2D eigenvalue weighted by Crippen LogP contribution is -2.46. The number of nitrogens with zero attached hydrogens (tertiary/aromatic N) is 3. The Kier molecular flexibility index (Phi) is 7.90. The van der Waals surface area contributed by atoms with E-state index in [-0.39, 0.29) is 6.42 Å². The molecule has 1 heterocycles. The van der Waals surface area contributed by atoms with E-state index in [1.807, 2.05) is 0 Å². The number of thioether (sulfide) groups is 1. The number of benzene rings is 1. The first-order valence-corrected chi connectivity index (χ1v) is 12.3. The van der Waals surface area contributed by atoms with Crippen molar-refractivity contribution < 1.29 is 13.2 Å². The van der Waals surface area contributed by atoms with Gasteiger partial charge < -0.3 is 0 Å². The maximum Gasteiger partial charge on any atom is 0.250 e. The standard InChI is InChI=1S/C16H21ClN4O3S3/c1-4-10-25-16-20-19-15(26-16)18-14(22)13(5-2)21(27(3,23)24)12-8-6-11(17)7-9-12/h6-9,13H,4-5,10H2,1-3H3,(H,18,19,22)/t13-/m1/s1. The molecule has 0 unspecified atom stereocenters. The van der Waals surface area contributed by atoms with Crippen LogP contribution < -0.4 is 9.62 Å². The van der Waals surface area contributed by atoms with Crippen molar-refractivity contribution in [3.8, 4) is 0 Å². The van der Waals surface area contributed by atoms with E-state index >= 15 is 0 Å². The van der Waals surface area contributed by atoms with Gasteiger partial charge in [0.25, 0.3) is 0 Å². The fraction of sp³-hybridized carbons (Fsp3) is 0.438. The van der Waals surface area contributed by atoms with Gasteiger partial charge in [0, 0.05) is 10.8 Å². The Morgan fingerprint density at radius 1 is 1.30 bits per heavy atom. The van der Waals surface area contributed by atoms with Crippen LogP contribution in [0.4, 0.5) is 10.8 Å². The lowest BCUT2D eigenvalue weighted by Gasteiger charge is -2.29. The summed E-state index contributed by atoms with van der Waals surface area (Å²) in [6.45, 7) is 3.82. The molecule has 1 aromatic heterocycles. The number of amides is 1. The molecule has 2 rings (SSSR count). The highest BCUT2D eigenvalue weighted by molar-refractivity contribution is 8.01. The van der Waals surface area contributed by atoms with Gasteiger partial charge in [0.2, 0.25) is 21.1 Å². The van der Waals surface area contributed by atoms with Crippen LogP contribution in [-0.4, -0.2) is 42.6 Å². The molecule has 0 aliphatic rings. The van der Waals surface area contributed by atoms with Crippen LogP contribution in [0.25, 0.3) is 0 Å². The van der Waals surface area contributed by atoms with E-state index in [0.717, 1.165) is 27.1 Å². The summed E-state index contributed by atoms with van der Waals surface area (Å²) in [7, 11) is -3.69. The second kappa shape index (κ2) is 9.72. The van der Waals surface area contributed by atoms with Gasteiger partial charge in [-0.25, -0.2) is 8.42 Å². The Balaban J connectivity index is 2.24. The summed E-state index contributed by atoms with van der Waals surface area (Å²) in [5, 5.41) is 11.5. The second-order valence-electron chi connectivity index (χ2n) is 5.67. The van der Waals surface area contributed by atoms with Crippen LogP contribution in [0.15, 0.2) is 28.6 Å². The Labute approximate surface area is 172 Å². The molecular formula is C16H21ClN4O3S3. The van der Waals surface area contributed by atoms with E-state index in [4.69, 9.17) is 11.6 Å². The summed E-state index contributed by atoms with van der Waals surface area (Å²) in [5.41, 5.74) is 0.375. The molecule has 1 amide bonds. The molecule has 0 saturated carbocycles. The van der Waals surface area contributed by atoms with Gasteiger partial charge in [-0.15, -0.1) is 10.2 Å². The molecule has 1 aromatic carbocycles. The van der Waals surface area contributed by atoms with Crippen LogP contribution in [-0.2, 0) is 14.8 Å². The Morgan fingerprint density at radius 2 is 1.96 bits per heavy atom. The third kappa shape index (κ3) is 6.06. The van der Waals surface area contributed by atoms with Crippen LogP contribution in [0.5, 0.6) is 0 Å². The Hall–Kier alpha value is -1.36. The van der Waals surface area contributed by atoms with Gasteiger partial charge in [-0.1, -0.05) is 48.5 Å². The number of rotatable bonds is 9. The molecule has 148 valence electrons. The number of hydrogen-bond donors (Lipinski definition) is 1. The second-order valence-corrected chi connectivity index (χ2v) is 10.3. The molecule has 2 aromatic rings. The molecule has 7 nitrogen and oxygen atoms in total. The van der Waals surface area contributed by atoms with Crippen molar-refractivity contribution in [2.45, 2.75) is 37.1 Å². The highest BCUT2D eigenvalue weighted by atomic mass is 35.5. The molecule has 1 N–H and O–H groups in total. The number of anilines is 2. The van der Waals surface area contributed by atoms with Crippen LogP contribution >= 0.6 is 34.7 Å². The van der Waals surface area contributed by atoms with Crippen LogP contribution in [0.3, 0.4) is 0 Å². The first-order chi connectivity index (χ1) is 12.8. The molecule has 11 heteroatoms. The first kappa shape index (κ1) is 21.9. The molecule has 0 saturated heterocycles. The minimum absolute atomic E-state index is 0.289. The molecule has 0 radical (unpaired) electrons. The fourth-order valence-electron chi connectivity index (χ4n) is 2.34. The summed E-state index contributed by atoms with van der Waals surface area (Å²) in [5.74, 6) is 0.458. The highest BCUT2D eigenvalue weighted by Gasteiger charge is 2.32. The number of hydrogen-bond acceptors (Lipinski definition) is 7. The van der Waals surface area contributed by atoms with Crippen molar-refractivity contribution in [3.05, 3.63) is 29.3 Å². The smallest absolute Gasteiger partial charge is 0.250 e. The van der Waals surface area contributed by atoms with Crippen LogP contribution in [0, 0.1) is 0 Å². The molecule has 0 fully saturated rings. The molecule has 0 aliphatic heterocycles. The fourth-order valence-corrected chi connectivity index (χ4v) is 5.36. The highest BCUT2D eigenvalue weighted by Crippen LogP contribution is 2.28. The maximum atomic E-state index is 12.8. The predicted octanol–water partition coefficient (Wildman–Crippen LogP) is 3.88. The van der Waals surface area contributed by atoms with Gasteiger partial charge in [0.15, 0.2) is 4.34 Å². The summed E-state index contributed by atoms with van der Waals surface area (Å²) in [6, 6.07) is 5.40. The normalized spacial score (nSPS) is 12.6. The van der Waals surface area contributed by atoms with Gasteiger partial charge in [-0.05, 0) is 37.1 Å². The SMILES string of the molecule is CCCSc1nnc(NC(=O)[C@@H](CC)N(c2ccc(Cl)cc2)S(C)(=O)=O)s1. The summed E-state index contributed by atoms with van der Waals surface area (Å²) in [4.78, 5) is 12.8. The van der Waals surface area contributed by atoms with Crippen molar-refractivity contribution in [3.63, 3.8) is 0 Å². The number of carbonyl (C=O) groups excluding carboxylic acids is 1. The summed E-state index contributed by atoms with van der Waals surface area (Å²) >= 11 is 8.72. The van der Waals surface area contributed by atoms with Gasteiger partial charge in [0.05, 0.1) is 11.9 Å². The van der Waals surface area contributed by atoms with Gasteiger partial charge in [0.1, 0.15) is 6.04 Å². The Morgan fingerprint density at radius 3 is 2.52 bits per heavy atom. The predicted molar refractivity (Wildman–Crippen MR) is 112 cm³/mol. The van der Waals surface area contributed by atoms with Crippen molar-refractivity contribution in [1.29, 1.82) is 0 Å². The van der Waals surface area contributed by atoms with E-state index in [2.05, 4.69) is 22.4 Å². The zero-order chi connectivity index (χ0) is 20.0. The van der Waals surface area contributed by atoms with Gasteiger partial charge >= 0.3 is 0 Å². The molecule has 1 atom stereocenters. The van der Waals surface area contributed by atoms with E-state index in [1.165, 1.54) is 11.3 Å². The zero-order valence-corrected chi connectivity index (χ0v) is 18.4. The van der Waals surface area contributed by atoms with E-state index in [1.54, 1.807) is 43.0 Å². The lowest BCUT2D eigenvalue weighted by molar-refractivity contribution is -0.117. The molecule has 0 spiro atoms. The largest absolute Gasteiger partial charge is 0.299 e. The topological polar surface area (TPSA) is 92.3 Å². The van der Waals surface area contributed by atoms with Crippen molar-refractivity contribution >= 4 is 61.4 Å². The van der Waals surface area contributed by atoms with Crippen molar-refractivity contribution in [2.24, 2.45) is 0 Å². The maximum absolute atomic E-state index is 12.8. The van der Waals surface area contributed by atoms with Crippen molar-refractivity contribution in [2.75, 3.05) is 21.6 Å². The molecule has 0 bridgehead atoms. The zero-order valence-electron chi connectivity index (χ0n) is 15.2. The number of nitrogens with one attached hydrogen (secondary N) is 1. The monoisotopic (exact) mass is 448 g/mol. The third-order valence-corrected chi connectivity index (χ3v) is 7.09. The number of halogens is 1. The lowest BCUT2D eigenvalue weighted by atomic mass is 10.2. The average molecular weight is 449 g/mol. The number of sulfonamides is 1. The summed E-state index contributed by atoms with van der Waals surface area (Å²) in [6.07, 6.45) is 2.37. The first-order valence-electron chi connectivity index (χ1n) is 8.28. The molecule has 0 aliphatic carbocycles. The molecule has 27 heavy (non-hydrogen) atoms. The number of aromatic nitrogens is 2. The van der Waals surface area contributed by atoms with Crippen LogP contribution in [0.1, 0.15) is 26.7 Å². The van der Waals surface area contributed by atoms with Crippen molar-refractivity contribution in [1.82, 2.24) is 10.2 Å². The van der Waals surface area contributed by atoms with E-state index in [0.29, 0.717) is 15.8 Å². The Bertz CT molecular complexity index is 871. The van der Waals surface area contributed by atoms with Crippen LogP contribution in [0.2, 0.25) is 5.02 Å². The minimum Gasteiger partial charge on any atom is -0.299 e. The van der Waals surface area contributed by atoms with E-state index in [9.17, 15) is 13.2 Å². The average Bonchev–Trinajstić information content (AvgIpc) is 3.05. The summed E-state index contributed by atoms with van der Waals surface area (Å²) < 4.78 is 26.6. The molecular weight excluding hydrogens is 428 g/mol. The third-order valence-electron chi connectivity index (χ3n) is 3.48.